The van der Waals surface area contributed by atoms with Gasteiger partial charge in [-0.25, -0.2) is 0 Å². The van der Waals surface area contributed by atoms with Gasteiger partial charge >= 0.3 is 0 Å². The zero-order valence-electron chi connectivity index (χ0n) is 11.3. The van der Waals surface area contributed by atoms with Crippen LogP contribution >= 0.6 is 12.6 Å². The molecule has 0 aromatic rings. The first-order chi connectivity index (χ1) is 8.15. The van der Waals surface area contributed by atoms with Crippen molar-refractivity contribution in [1.29, 1.82) is 0 Å². The normalized spacial score (nSPS) is 24.5. The number of nitrogens with zero attached hydrogens (tertiary/aromatic N) is 1. The summed E-state index contributed by atoms with van der Waals surface area (Å²) in [6.07, 6.45) is 5.26. The number of hydrogen-bond donors (Lipinski definition) is 1. The van der Waals surface area contributed by atoms with Crippen molar-refractivity contribution in [2.45, 2.75) is 45.6 Å². The van der Waals surface area contributed by atoms with E-state index in [0.29, 0.717) is 11.5 Å². The molecule has 3 heteroatoms. The highest BCUT2D eigenvalue weighted by atomic mass is 32.1. The molecular formula is C14H27NOS. The molecule has 0 radical (unpaired) electrons. The molecular weight excluding hydrogens is 230 g/mol. The highest BCUT2D eigenvalue weighted by Gasteiger charge is 2.35. The Kier molecular flexibility index (Phi) is 4.79. The van der Waals surface area contributed by atoms with Gasteiger partial charge in [0.1, 0.15) is 0 Å². The van der Waals surface area contributed by atoms with E-state index in [1.165, 1.54) is 38.8 Å². The average Bonchev–Trinajstić information content (AvgIpc) is 3.13. The van der Waals surface area contributed by atoms with E-state index in [9.17, 15) is 0 Å². The Morgan fingerprint density at radius 1 is 1.29 bits per heavy atom. The minimum atomic E-state index is 0.403. The van der Waals surface area contributed by atoms with Gasteiger partial charge in [0, 0.05) is 32.3 Å². The number of ether oxygens (including phenoxy) is 1. The molecule has 2 fully saturated rings. The smallest absolute Gasteiger partial charge is 0.0472 e. The zero-order chi connectivity index (χ0) is 12.3. The van der Waals surface area contributed by atoms with Crippen LogP contribution in [-0.4, -0.2) is 43.0 Å². The van der Waals surface area contributed by atoms with Gasteiger partial charge < -0.3 is 9.64 Å². The molecule has 1 saturated heterocycles. The Bertz CT molecular complexity index is 234. The lowest BCUT2D eigenvalue weighted by Crippen LogP contribution is -2.46. The van der Waals surface area contributed by atoms with Crippen LogP contribution in [0.5, 0.6) is 0 Å². The molecule has 0 amide bonds. The lowest BCUT2D eigenvalue weighted by molar-refractivity contribution is 0.00166. The Morgan fingerprint density at radius 3 is 2.41 bits per heavy atom. The molecule has 0 unspecified atom stereocenters. The van der Waals surface area contributed by atoms with Crippen molar-refractivity contribution in [3.05, 3.63) is 0 Å². The van der Waals surface area contributed by atoms with Gasteiger partial charge in [-0.3, -0.25) is 0 Å². The Balaban J connectivity index is 1.93. The topological polar surface area (TPSA) is 12.5 Å². The van der Waals surface area contributed by atoms with Crippen molar-refractivity contribution in [3.63, 3.8) is 0 Å². The maximum atomic E-state index is 5.51. The summed E-state index contributed by atoms with van der Waals surface area (Å²) < 4.78 is 5.51. The van der Waals surface area contributed by atoms with Gasteiger partial charge in [-0.1, -0.05) is 0 Å². The summed E-state index contributed by atoms with van der Waals surface area (Å²) in [5.74, 6) is 1.98. The Labute approximate surface area is 112 Å². The minimum absolute atomic E-state index is 0.403. The molecule has 1 saturated carbocycles. The van der Waals surface area contributed by atoms with Crippen LogP contribution in [0.25, 0.3) is 0 Å². The second-order valence-electron chi connectivity index (χ2n) is 6.24. The predicted molar refractivity (Wildman–Crippen MR) is 75.8 cm³/mol. The average molecular weight is 257 g/mol. The Morgan fingerprint density at radius 2 is 1.94 bits per heavy atom. The summed E-state index contributed by atoms with van der Waals surface area (Å²) >= 11 is 4.62. The van der Waals surface area contributed by atoms with Gasteiger partial charge in [0.15, 0.2) is 0 Å². The molecule has 1 aliphatic carbocycles. The SMILES string of the molecule is CC(C)N(CC1CC1)CC1(CS)CCOCC1. The standard InChI is InChI=1S/C14H27NOS/c1-12(2)15(9-13-3-4-13)10-14(11-17)5-7-16-8-6-14/h12-13,17H,3-11H2,1-2H3. The summed E-state index contributed by atoms with van der Waals surface area (Å²) in [5, 5.41) is 0. The number of hydrogen-bond acceptors (Lipinski definition) is 3. The van der Waals surface area contributed by atoms with Gasteiger partial charge in [-0.2, -0.15) is 12.6 Å². The fourth-order valence-corrected chi connectivity index (χ4v) is 3.11. The molecule has 2 nitrogen and oxygen atoms in total. The van der Waals surface area contributed by atoms with Crippen LogP contribution in [-0.2, 0) is 4.74 Å². The van der Waals surface area contributed by atoms with Crippen LogP contribution in [0, 0.1) is 11.3 Å². The van der Waals surface area contributed by atoms with E-state index in [-0.39, 0.29) is 0 Å². The molecule has 100 valence electrons. The van der Waals surface area contributed by atoms with Crippen LogP contribution in [0.15, 0.2) is 0 Å². The molecule has 0 aromatic carbocycles. The molecule has 1 aliphatic heterocycles. The maximum absolute atomic E-state index is 5.51. The largest absolute Gasteiger partial charge is 0.381 e. The van der Waals surface area contributed by atoms with Crippen molar-refractivity contribution in [2.24, 2.45) is 11.3 Å². The fraction of sp³-hybridized carbons (Fsp3) is 1.00. The monoisotopic (exact) mass is 257 g/mol. The molecule has 0 aromatic heterocycles. The molecule has 17 heavy (non-hydrogen) atoms. The summed E-state index contributed by atoms with van der Waals surface area (Å²) in [4.78, 5) is 2.68. The van der Waals surface area contributed by atoms with E-state index in [2.05, 4.69) is 31.4 Å². The highest BCUT2D eigenvalue weighted by Crippen LogP contribution is 2.36. The summed E-state index contributed by atoms with van der Waals surface area (Å²) in [6.45, 7) is 9.02. The molecule has 0 bridgehead atoms. The van der Waals surface area contributed by atoms with Crippen LogP contribution < -0.4 is 0 Å². The molecule has 2 rings (SSSR count). The van der Waals surface area contributed by atoms with Gasteiger partial charge in [0.25, 0.3) is 0 Å². The van der Waals surface area contributed by atoms with E-state index in [1.54, 1.807) is 0 Å². The van der Waals surface area contributed by atoms with Gasteiger partial charge in [0.2, 0.25) is 0 Å². The Hall–Kier alpha value is 0.270. The zero-order valence-corrected chi connectivity index (χ0v) is 12.2. The van der Waals surface area contributed by atoms with Crippen LogP contribution in [0.4, 0.5) is 0 Å². The van der Waals surface area contributed by atoms with Crippen molar-refractivity contribution >= 4 is 12.6 Å². The molecule has 0 N–H and O–H groups in total. The summed E-state index contributed by atoms with van der Waals surface area (Å²) in [6, 6.07) is 0.662. The summed E-state index contributed by atoms with van der Waals surface area (Å²) in [5.41, 5.74) is 0.403. The summed E-state index contributed by atoms with van der Waals surface area (Å²) in [7, 11) is 0. The van der Waals surface area contributed by atoms with Crippen molar-refractivity contribution in [2.75, 3.05) is 32.1 Å². The second kappa shape index (κ2) is 5.94. The third kappa shape index (κ3) is 3.87. The number of thiol groups is 1. The van der Waals surface area contributed by atoms with Gasteiger partial charge in [-0.15, -0.1) is 0 Å². The third-order valence-electron chi connectivity index (χ3n) is 4.35. The van der Waals surface area contributed by atoms with Crippen LogP contribution in [0.1, 0.15) is 39.5 Å². The van der Waals surface area contributed by atoms with Crippen molar-refractivity contribution in [3.8, 4) is 0 Å². The van der Waals surface area contributed by atoms with E-state index in [1.807, 2.05) is 0 Å². The van der Waals surface area contributed by atoms with E-state index in [4.69, 9.17) is 4.74 Å². The lowest BCUT2D eigenvalue weighted by Gasteiger charge is -2.41. The predicted octanol–water partition coefficient (Wildman–Crippen LogP) is 2.83. The van der Waals surface area contributed by atoms with Crippen molar-refractivity contribution in [1.82, 2.24) is 4.90 Å². The van der Waals surface area contributed by atoms with Crippen molar-refractivity contribution < 1.29 is 4.74 Å². The third-order valence-corrected chi connectivity index (χ3v) is 5.02. The van der Waals surface area contributed by atoms with E-state index >= 15 is 0 Å². The first kappa shape index (κ1) is 13.7. The van der Waals surface area contributed by atoms with Gasteiger partial charge in [-0.05, 0) is 56.6 Å². The minimum Gasteiger partial charge on any atom is -0.381 e. The fourth-order valence-electron chi connectivity index (χ4n) is 2.69. The lowest BCUT2D eigenvalue weighted by atomic mass is 9.81. The number of rotatable bonds is 6. The quantitative estimate of drug-likeness (QED) is 0.735. The first-order valence-electron chi connectivity index (χ1n) is 7.08. The van der Waals surface area contributed by atoms with Gasteiger partial charge in [0.05, 0.1) is 0 Å². The molecule has 1 heterocycles. The second-order valence-corrected chi connectivity index (χ2v) is 6.55. The molecule has 2 aliphatic rings. The van der Waals surface area contributed by atoms with E-state index in [0.717, 1.165) is 24.9 Å². The maximum Gasteiger partial charge on any atom is 0.0472 e. The van der Waals surface area contributed by atoms with E-state index < -0.39 is 0 Å². The van der Waals surface area contributed by atoms with Crippen LogP contribution in [0.2, 0.25) is 0 Å². The van der Waals surface area contributed by atoms with Crippen LogP contribution in [0.3, 0.4) is 0 Å². The molecule has 0 atom stereocenters. The first-order valence-corrected chi connectivity index (χ1v) is 7.71. The highest BCUT2D eigenvalue weighted by molar-refractivity contribution is 7.80. The molecule has 0 spiro atoms.